The third-order valence-corrected chi connectivity index (χ3v) is 5.31. The normalized spacial score (nSPS) is 11.1. The molecule has 0 atom stereocenters. The summed E-state index contributed by atoms with van der Waals surface area (Å²) in [5.41, 5.74) is 3.64. The van der Waals surface area contributed by atoms with Crippen LogP contribution in [0.3, 0.4) is 0 Å². The van der Waals surface area contributed by atoms with Crippen molar-refractivity contribution < 1.29 is 9.53 Å². The number of amides is 2. The fourth-order valence-electron chi connectivity index (χ4n) is 3.43. The maximum atomic E-state index is 12.9. The van der Waals surface area contributed by atoms with E-state index < -0.39 is 0 Å². The molecule has 3 rings (SSSR count). The molecule has 3 aromatic rings. The Morgan fingerprint density at radius 1 is 0.812 bits per heavy atom. The van der Waals surface area contributed by atoms with Crippen LogP contribution in [-0.4, -0.2) is 24.1 Å². The van der Waals surface area contributed by atoms with E-state index in [0.717, 1.165) is 23.3 Å². The second kappa shape index (κ2) is 11.4. The smallest absolute Gasteiger partial charge is 0.318 e. The maximum absolute atomic E-state index is 12.9. The predicted octanol–water partition coefficient (Wildman–Crippen LogP) is 6.17. The summed E-state index contributed by atoms with van der Waals surface area (Å²) < 4.78 is 5.84. The fourth-order valence-corrected chi connectivity index (χ4v) is 3.43. The van der Waals surface area contributed by atoms with Gasteiger partial charge in [0.25, 0.3) is 0 Å². The molecule has 4 heteroatoms. The van der Waals surface area contributed by atoms with Crippen LogP contribution in [0.4, 0.5) is 4.79 Å². The second-order valence-corrected chi connectivity index (χ2v) is 9.04. The van der Waals surface area contributed by atoms with Gasteiger partial charge in [-0.25, -0.2) is 4.79 Å². The summed E-state index contributed by atoms with van der Waals surface area (Å²) in [6.45, 7) is 8.86. The zero-order valence-corrected chi connectivity index (χ0v) is 19.4. The van der Waals surface area contributed by atoms with Crippen molar-refractivity contribution in [2.24, 2.45) is 0 Å². The SMILES string of the molecule is CC(C)(C)c1ccc(OCCCNC(=O)N(Cc2ccccc2)Cc2ccccc2)cc1. The number of ether oxygens (including phenoxy) is 1. The molecule has 0 aromatic heterocycles. The lowest BCUT2D eigenvalue weighted by Gasteiger charge is -2.23. The summed E-state index contributed by atoms with van der Waals surface area (Å²) in [5, 5.41) is 3.05. The lowest BCUT2D eigenvalue weighted by molar-refractivity contribution is 0.191. The van der Waals surface area contributed by atoms with Crippen molar-refractivity contribution in [3.05, 3.63) is 102 Å². The van der Waals surface area contributed by atoms with E-state index >= 15 is 0 Å². The molecule has 0 aliphatic rings. The molecule has 0 saturated carbocycles. The van der Waals surface area contributed by atoms with Crippen molar-refractivity contribution >= 4 is 6.03 Å². The van der Waals surface area contributed by atoms with Gasteiger partial charge in [-0.05, 0) is 40.7 Å². The van der Waals surface area contributed by atoms with Gasteiger partial charge in [0.2, 0.25) is 0 Å². The van der Waals surface area contributed by atoms with Crippen molar-refractivity contribution in [2.45, 2.75) is 45.7 Å². The predicted molar refractivity (Wildman–Crippen MR) is 131 cm³/mol. The van der Waals surface area contributed by atoms with Crippen molar-refractivity contribution in [1.82, 2.24) is 10.2 Å². The van der Waals surface area contributed by atoms with Crippen molar-refractivity contribution in [3.63, 3.8) is 0 Å². The van der Waals surface area contributed by atoms with Gasteiger partial charge in [-0.3, -0.25) is 0 Å². The number of hydrogen-bond acceptors (Lipinski definition) is 2. The highest BCUT2D eigenvalue weighted by Gasteiger charge is 2.15. The van der Waals surface area contributed by atoms with Gasteiger partial charge in [0.1, 0.15) is 5.75 Å². The van der Waals surface area contributed by atoms with Crippen molar-refractivity contribution in [2.75, 3.05) is 13.2 Å². The largest absolute Gasteiger partial charge is 0.494 e. The summed E-state index contributed by atoms with van der Waals surface area (Å²) in [4.78, 5) is 14.7. The number of carbonyl (C=O) groups excluding carboxylic acids is 1. The molecule has 0 saturated heterocycles. The Labute approximate surface area is 192 Å². The Bertz CT molecular complexity index is 907. The summed E-state index contributed by atoms with van der Waals surface area (Å²) in [7, 11) is 0. The summed E-state index contributed by atoms with van der Waals surface area (Å²) in [6, 6.07) is 28.3. The van der Waals surface area contributed by atoms with Gasteiger partial charge < -0.3 is 15.0 Å². The van der Waals surface area contributed by atoms with E-state index in [1.54, 1.807) is 0 Å². The number of hydrogen-bond donors (Lipinski definition) is 1. The van der Waals surface area contributed by atoms with Crippen LogP contribution >= 0.6 is 0 Å². The number of nitrogens with zero attached hydrogens (tertiary/aromatic N) is 1. The monoisotopic (exact) mass is 430 g/mol. The molecule has 0 aliphatic carbocycles. The Hall–Kier alpha value is -3.27. The van der Waals surface area contributed by atoms with Crippen LogP contribution in [0.5, 0.6) is 5.75 Å². The minimum Gasteiger partial charge on any atom is -0.494 e. The quantitative estimate of drug-likeness (QED) is 0.413. The summed E-state index contributed by atoms with van der Waals surface area (Å²) in [5.74, 6) is 0.860. The molecule has 4 nitrogen and oxygen atoms in total. The number of carbonyl (C=O) groups is 1. The number of nitrogens with one attached hydrogen (secondary N) is 1. The van der Waals surface area contributed by atoms with Crippen LogP contribution in [0.15, 0.2) is 84.9 Å². The van der Waals surface area contributed by atoms with Crippen molar-refractivity contribution in [3.8, 4) is 5.75 Å². The maximum Gasteiger partial charge on any atom is 0.318 e. The molecule has 168 valence electrons. The third kappa shape index (κ3) is 7.45. The van der Waals surface area contributed by atoms with Gasteiger partial charge in [0.05, 0.1) is 6.61 Å². The van der Waals surface area contributed by atoms with Crippen LogP contribution in [-0.2, 0) is 18.5 Å². The molecule has 0 bridgehead atoms. The topological polar surface area (TPSA) is 41.6 Å². The van der Waals surface area contributed by atoms with E-state index in [2.05, 4.69) is 38.2 Å². The van der Waals surface area contributed by atoms with Crippen LogP contribution in [0, 0.1) is 0 Å². The summed E-state index contributed by atoms with van der Waals surface area (Å²) >= 11 is 0. The Morgan fingerprint density at radius 2 is 1.34 bits per heavy atom. The molecule has 32 heavy (non-hydrogen) atoms. The average molecular weight is 431 g/mol. The van der Waals surface area contributed by atoms with Crippen LogP contribution < -0.4 is 10.1 Å². The number of urea groups is 1. The van der Waals surface area contributed by atoms with Gasteiger partial charge in [-0.1, -0.05) is 93.6 Å². The van der Waals surface area contributed by atoms with Gasteiger partial charge in [-0.15, -0.1) is 0 Å². The van der Waals surface area contributed by atoms with Gasteiger partial charge in [-0.2, -0.15) is 0 Å². The van der Waals surface area contributed by atoms with Crippen molar-refractivity contribution in [1.29, 1.82) is 0 Å². The molecule has 0 spiro atoms. The molecular formula is C28H34N2O2. The first-order valence-electron chi connectivity index (χ1n) is 11.3. The number of benzene rings is 3. The van der Waals surface area contributed by atoms with E-state index in [-0.39, 0.29) is 11.4 Å². The first-order valence-corrected chi connectivity index (χ1v) is 11.3. The molecular weight excluding hydrogens is 396 g/mol. The average Bonchev–Trinajstić information content (AvgIpc) is 2.79. The van der Waals surface area contributed by atoms with E-state index in [1.807, 2.05) is 77.7 Å². The minimum atomic E-state index is -0.0627. The molecule has 0 fully saturated rings. The highest BCUT2D eigenvalue weighted by molar-refractivity contribution is 5.74. The highest BCUT2D eigenvalue weighted by atomic mass is 16.5. The number of rotatable bonds is 9. The van der Waals surface area contributed by atoms with Crippen LogP contribution in [0.25, 0.3) is 0 Å². The molecule has 0 radical (unpaired) electrons. The highest BCUT2D eigenvalue weighted by Crippen LogP contribution is 2.24. The fraction of sp³-hybridized carbons (Fsp3) is 0.321. The van der Waals surface area contributed by atoms with E-state index in [1.165, 1.54) is 5.56 Å². The zero-order chi connectivity index (χ0) is 22.8. The van der Waals surface area contributed by atoms with Gasteiger partial charge >= 0.3 is 6.03 Å². The molecule has 0 aliphatic heterocycles. The Kier molecular flexibility index (Phi) is 8.32. The zero-order valence-electron chi connectivity index (χ0n) is 19.4. The third-order valence-electron chi connectivity index (χ3n) is 5.31. The minimum absolute atomic E-state index is 0.0627. The standard InChI is InChI=1S/C28H34N2O2/c1-28(2,3)25-15-17-26(18-16-25)32-20-10-19-29-27(31)30(21-23-11-6-4-7-12-23)22-24-13-8-5-9-14-24/h4-9,11-18H,10,19-22H2,1-3H3,(H,29,31). The van der Waals surface area contributed by atoms with Gasteiger partial charge in [0, 0.05) is 19.6 Å². The van der Waals surface area contributed by atoms with Gasteiger partial charge in [0.15, 0.2) is 0 Å². The first kappa shape index (κ1) is 23.4. The van der Waals surface area contributed by atoms with Crippen LogP contribution in [0.1, 0.15) is 43.9 Å². The molecule has 2 amide bonds. The van der Waals surface area contributed by atoms with E-state index in [4.69, 9.17) is 4.74 Å². The van der Waals surface area contributed by atoms with E-state index in [0.29, 0.717) is 26.2 Å². The Morgan fingerprint density at radius 3 is 1.84 bits per heavy atom. The molecule has 0 unspecified atom stereocenters. The molecule has 3 aromatic carbocycles. The van der Waals surface area contributed by atoms with Crippen LogP contribution in [0.2, 0.25) is 0 Å². The lowest BCUT2D eigenvalue weighted by atomic mass is 9.87. The summed E-state index contributed by atoms with van der Waals surface area (Å²) in [6.07, 6.45) is 0.747. The Balaban J connectivity index is 1.47. The van der Waals surface area contributed by atoms with E-state index in [9.17, 15) is 4.79 Å². The second-order valence-electron chi connectivity index (χ2n) is 9.04. The molecule has 1 N–H and O–H groups in total. The first-order chi connectivity index (χ1) is 15.4. The lowest BCUT2D eigenvalue weighted by Crippen LogP contribution is -2.39. The molecule has 0 heterocycles.